The molecule has 2 aromatic rings. The number of unbranched alkanes of at least 4 members (excludes halogenated alkanes) is 1. The maximum Gasteiger partial charge on any atom is 0.289 e. The summed E-state index contributed by atoms with van der Waals surface area (Å²) in [6.07, 6.45) is 10.2. The summed E-state index contributed by atoms with van der Waals surface area (Å²) < 4.78 is 5.18. The molecule has 0 aromatic carbocycles. The van der Waals surface area contributed by atoms with Gasteiger partial charge in [-0.15, -0.1) is 0 Å². The summed E-state index contributed by atoms with van der Waals surface area (Å²) in [5.41, 5.74) is 0.905. The molecule has 0 bridgehead atoms. The monoisotopic (exact) mass is 382 g/mol. The van der Waals surface area contributed by atoms with Crippen molar-refractivity contribution in [2.75, 3.05) is 39.3 Å². The van der Waals surface area contributed by atoms with Crippen LogP contribution in [-0.2, 0) is 4.79 Å². The van der Waals surface area contributed by atoms with Crippen LogP contribution in [0.15, 0.2) is 53.4 Å². The highest BCUT2D eigenvalue weighted by Gasteiger charge is 2.23. The van der Waals surface area contributed by atoms with Gasteiger partial charge in [-0.05, 0) is 49.2 Å². The van der Waals surface area contributed by atoms with Crippen LogP contribution < -0.4 is 5.32 Å². The number of carbonyl (C=O) groups excluding carboxylic acids is 2. The molecule has 148 valence electrons. The molecule has 1 aliphatic rings. The predicted molar refractivity (Wildman–Crippen MR) is 107 cm³/mol. The highest BCUT2D eigenvalue weighted by atomic mass is 16.3. The summed E-state index contributed by atoms with van der Waals surface area (Å²) in [5, 5.41) is 2.90. The number of nitrogens with one attached hydrogen (secondary N) is 1. The number of hydrogen-bond acceptors (Lipinski definition) is 5. The van der Waals surface area contributed by atoms with Gasteiger partial charge in [0.05, 0.1) is 6.26 Å². The third-order valence-electron chi connectivity index (χ3n) is 4.70. The normalized spacial score (nSPS) is 15.1. The molecule has 0 spiro atoms. The van der Waals surface area contributed by atoms with Crippen molar-refractivity contribution in [3.63, 3.8) is 0 Å². The number of furan rings is 1. The zero-order valence-electron chi connectivity index (χ0n) is 15.9. The summed E-state index contributed by atoms with van der Waals surface area (Å²) in [6.45, 7) is 4.81. The first kappa shape index (κ1) is 19.8. The molecule has 3 rings (SSSR count). The minimum absolute atomic E-state index is 0.0355. The van der Waals surface area contributed by atoms with Crippen LogP contribution in [0.4, 0.5) is 0 Å². The third kappa shape index (κ3) is 6.06. The van der Waals surface area contributed by atoms with Crippen molar-refractivity contribution in [2.45, 2.75) is 12.8 Å². The van der Waals surface area contributed by atoms with E-state index in [9.17, 15) is 9.59 Å². The van der Waals surface area contributed by atoms with Crippen LogP contribution in [0.2, 0.25) is 0 Å². The second-order valence-corrected chi connectivity index (χ2v) is 6.73. The van der Waals surface area contributed by atoms with Crippen molar-refractivity contribution in [3.05, 3.63) is 60.3 Å². The maximum atomic E-state index is 12.2. The Hall–Kier alpha value is -2.93. The number of rotatable bonds is 8. The molecule has 0 aliphatic carbocycles. The SMILES string of the molecule is O=C(C=Cc1cccnc1)NCCCCN1CCN(C(=O)c2ccco2)CC1. The molecule has 1 aliphatic heterocycles. The van der Waals surface area contributed by atoms with E-state index in [1.165, 1.54) is 12.3 Å². The fraction of sp³-hybridized carbons (Fsp3) is 0.381. The molecule has 0 atom stereocenters. The van der Waals surface area contributed by atoms with Gasteiger partial charge < -0.3 is 14.6 Å². The second-order valence-electron chi connectivity index (χ2n) is 6.73. The van der Waals surface area contributed by atoms with Crippen LogP contribution in [0.5, 0.6) is 0 Å². The van der Waals surface area contributed by atoms with E-state index in [1.54, 1.807) is 30.6 Å². The zero-order chi connectivity index (χ0) is 19.6. The average molecular weight is 382 g/mol. The molecular formula is C21H26N4O3. The van der Waals surface area contributed by atoms with Crippen LogP contribution in [-0.4, -0.2) is 65.9 Å². The van der Waals surface area contributed by atoms with Gasteiger partial charge in [-0.1, -0.05) is 6.07 Å². The van der Waals surface area contributed by atoms with E-state index in [4.69, 9.17) is 4.42 Å². The largest absolute Gasteiger partial charge is 0.459 e. The Kier molecular flexibility index (Phi) is 7.37. The number of amides is 2. The molecule has 2 amide bonds. The highest BCUT2D eigenvalue weighted by Crippen LogP contribution is 2.10. The summed E-state index contributed by atoms with van der Waals surface area (Å²) >= 11 is 0. The van der Waals surface area contributed by atoms with Crippen molar-refractivity contribution >= 4 is 17.9 Å². The van der Waals surface area contributed by atoms with Crippen molar-refractivity contribution in [2.24, 2.45) is 0 Å². The molecule has 1 N–H and O–H groups in total. The van der Waals surface area contributed by atoms with E-state index in [2.05, 4.69) is 15.2 Å². The van der Waals surface area contributed by atoms with Crippen molar-refractivity contribution in [1.29, 1.82) is 0 Å². The molecule has 0 saturated carbocycles. The molecule has 7 nitrogen and oxygen atoms in total. The first-order valence-electron chi connectivity index (χ1n) is 9.63. The molecule has 0 radical (unpaired) electrons. The van der Waals surface area contributed by atoms with E-state index < -0.39 is 0 Å². The molecule has 1 saturated heterocycles. The Morgan fingerprint density at radius 1 is 1.14 bits per heavy atom. The van der Waals surface area contributed by atoms with Gasteiger partial charge in [0.15, 0.2) is 5.76 Å². The molecule has 0 unspecified atom stereocenters. The topological polar surface area (TPSA) is 78.7 Å². The Morgan fingerprint density at radius 3 is 2.71 bits per heavy atom. The number of hydrogen-bond donors (Lipinski definition) is 1. The van der Waals surface area contributed by atoms with Crippen molar-refractivity contribution < 1.29 is 14.0 Å². The fourth-order valence-corrected chi connectivity index (χ4v) is 3.11. The van der Waals surface area contributed by atoms with Crippen LogP contribution in [0.25, 0.3) is 6.08 Å². The minimum atomic E-state index is -0.0890. The number of pyridine rings is 1. The smallest absolute Gasteiger partial charge is 0.289 e. The number of piperazine rings is 1. The lowest BCUT2D eigenvalue weighted by atomic mass is 10.2. The minimum Gasteiger partial charge on any atom is -0.459 e. The number of nitrogens with zero attached hydrogens (tertiary/aromatic N) is 3. The van der Waals surface area contributed by atoms with Gasteiger partial charge in [0.1, 0.15) is 0 Å². The lowest BCUT2D eigenvalue weighted by molar-refractivity contribution is -0.116. The van der Waals surface area contributed by atoms with Gasteiger partial charge in [0, 0.05) is 51.2 Å². The maximum absolute atomic E-state index is 12.2. The molecule has 2 aromatic heterocycles. The number of aromatic nitrogens is 1. The highest BCUT2D eigenvalue weighted by molar-refractivity contribution is 5.92. The van der Waals surface area contributed by atoms with Crippen LogP contribution in [0.3, 0.4) is 0 Å². The first-order chi connectivity index (χ1) is 13.7. The van der Waals surface area contributed by atoms with Crippen molar-refractivity contribution in [1.82, 2.24) is 20.1 Å². The standard InChI is InChI=1S/C21H26N4O3/c26-20(8-7-18-5-3-9-22-17-18)23-10-1-2-11-24-12-14-25(15-13-24)21(27)19-6-4-16-28-19/h3-9,16-17H,1-2,10-15H2,(H,23,26). The van der Waals surface area contributed by atoms with Crippen LogP contribution in [0.1, 0.15) is 29.0 Å². The van der Waals surface area contributed by atoms with Crippen molar-refractivity contribution in [3.8, 4) is 0 Å². The molecule has 3 heterocycles. The molecule has 28 heavy (non-hydrogen) atoms. The predicted octanol–water partition coefficient (Wildman–Crippen LogP) is 2.04. The van der Waals surface area contributed by atoms with Gasteiger partial charge in [0.2, 0.25) is 5.91 Å². The number of carbonyl (C=O) groups is 2. The first-order valence-corrected chi connectivity index (χ1v) is 9.63. The van der Waals surface area contributed by atoms with E-state index >= 15 is 0 Å². The van der Waals surface area contributed by atoms with E-state index in [1.807, 2.05) is 17.0 Å². The summed E-state index contributed by atoms with van der Waals surface area (Å²) in [5.74, 6) is 0.280. The van der Waals surface area contributed by atoms with Gasteiger partial charge in [0.25, 0.3) is 5.91 Å². The Bertz CT molecular complexity index is 766. The summed E-state index contributed by atoms with van der Waals surface area (Å²) in [6, 6.07) is 7.18. The van der Waals surface area contributed by atoms with E-state index in [0.717, 1.165) is 51.1 Å². The Labute approximate surface area is 165 Å². The average Bonchev–Trinajstić information content (AvgIpc) is 3.28. The van der Waals surface area contributed by atoms with Gasteiger partial charge in [-0.2, -0.15) is 0 Å². The quantitative estimate of drug-likeness (QED) is 0.558. The van der Waals surface area contributed by atoms with Crippen LogP contribution in [0, 0.1) is 0 Å². The van der Waals surface area contributed by atoms with Gasteiger partial charge >= 0.3 is 0 Å². The van der Waals surface area contributed by atoms with E-state index in [0.29, 0.717) is 12.3 Å². The summed E-state index contributed by atoms with van der Waals surface area (Å²) in [7, 11) is 0. The molecule has 7 heteroatoms. The fourth-order valence-electron chi connectivity index (χ4n) is 3.11. The summed E-state index contributed by atoms with van der Waals surface area (Å²) in [4.78, 5) is 32.2. The lowest BCUT2D eigenvalue weighted by Crippen LogP contribution is -2.48. The molecule has 1 fully saturated rings. The Morgan fingerprint density at radius 2 is 2.00 bits per heavy atom. The lowest BCUT2D eigenvalue weighted by Gasteiger charge is -2.34. The zero-order valence-corrected chi connectivity index (χ0v) is 15.9. The van der Waals surface area contributed by atoms with Gasteiger partial charge in [-0.25, -0.2) is 0 Å². The second kappa shape index (κ2) is 10.4. The van der Waals surface area contributed by atoms with Crippen LogP contribution >= 0.6 is 0 Å². The third-order valence-corrected chi connectivity index (χ3v) is 4.70. The van der Waals surface area contributed by atoms with Gasteiger partial charge in [-0.3, -0.25) is 19.5 Å². The van der Waals surface area contributed by atoms with E-state index in [-0.39, 0.29) is 11.8 Å². The molecular weight excluding hydrogens is 356 g/mol. The Balaban J connectivity index is 1.26.